The number of rotatable bonds is 5. The molecule has 1 heterocycles. The first-order valence-corrected chi connectivity index (χ1v) is 8.35. The van der Waals surface area contributed by atoms with Crippen LogP contribution in [0.1, 0.15) is 11.6 Å². The Balaban J connectivity index is 1.58. The summed E-state index contributed by atoms with van der Waals surface area (Å²) >= 11 is 0. The standard InChI is InChI=1S/C19H20FN3O4/c1-23(2)15(12-3-5-13(20)6-4-12)10-21-18(24)19(25)22-14-7-8-16-17(9-14)27-11-26-16/h3-9,15H,10-11H2,1-2H3,(H,21,24)(H,22,25). The van der Waals surface area contributed by atoms with Crippen LogP contribution in [-0.2, 0) is 9.59 Å². The van der Waals surface area contributed by atoms with Gasteiger partial charge in [0.25, 0.3) is 0 Å². The summed E-state index contributed by atoms with van der Waals surface area (Å²) in [5, 5.41) is 5.13. The summed E-state index contributed by atoms with van der Waals surface area (Å²) in [6.07, 6.45) is 0. The number of hydrogen-bond donors (Lipinski definition) is 2. The quantitative estimate of drug-likeness (QED) is 0.783. The van der Waals surface area contributed by atoms with Crippen LogP contribution in [0.3, 0.4) is 0 Å². The number of hydrogen-bond acceptors (Lipinski definition) is 5. The van der Waals surface area contributed by atoms with Crippen molar-refractivity contribution in [3.8, 4) is 11.5 Å². The minimum atomic E-state index is -0.787. The number of anilines is 1. The second-order valence-corrected chi connectivity index (χ2v) is 6.26. The number of nitrogens with one attached hydrogen (secondary N) is 2. The highest BCUT2D eigenvalue weighted by molar-refractivity contribution is 6.39. The highest BCUT2D eigenvalue weighted by atomic mass is 19.1. The number of amides is 2. The molecule has 0 radical (unpaired) electrons. The molecular formula is C19H20FN3O4. The highest BCUT2D eigenvalue weighted by Crippen LogP contribution is 2.34. The number of nitrogens with zero attached hydrogens (tertiary/aromatic N) is 1. The first-order valence-electron chi connectivity index (χ1n) is 8.35. The molecule has 0 bridgehead atoms. The molecule has 1 aliphatic rings. The second-order valence-electron chi connectivity index (χ2n) is 6.26. The molecule has 7 nitrogen and oxygen atoms in total. The molecule has 0 aliphatic carbocycles. The van der Waals surface area contributed by atoms with Crippen molar-refractivity contribution in [1.29, 1.82) is 0 Å². The molecule has 1 aliphatic heterocycles. The second kappa shape index (κ2) is 8.05. The molecule has 1 unspecified atom stereocenters. The summed E-state index contributed by atoms with van der Waals surface area (Å²) in [4.78, 5) is 26.1. The minimum Gasteiger partial charge on any atom is -0.454 e. The molecule has 0 aromatic heterocycles. The molecule has 142 valence electrons. The van der Waals surface area contributed by atoms with Gasteiger partial charge in [-0.3, -0.25) is 9.59 Å². The van der Waals surface area contributed by atoms with E-state index in [4.69, 9.17) is 9.47 Å². The van der Waals surface area contributed by atoms with Crippen molar-refractivity contribution >= 4 is 17.5 Å². The van der Waals surface area contributed by atoms with E-state index in [-0.39, 0.29) is 25.2 Å². The SMILES string of the molecule is CN(C)C(CNC(=O)C(=O)Nc1ccc2c(c1)OCO2)c1ccc(F)cc1. The van der Waals surface area contributed by atoms with E-state index in [1.54, 1.807) is 30.3 Å². The molecule has 2 aromatic carbocycles. The van der Waals surface area contributed by atoms with Crippen LogP contribution >= 0.6 is 0 Å². The Kier molecular flexibility index (Phi) is 5.56. The number of likely N-dealkylation sites (N-methyl/N-ethyl adjacent to an activating group) is 1. The lowest BCUT2D eigenvalue weighted by Crippen LogP contribution is -2.40. The fourth-order valence-corrected chi connectivity index (χ4v) is 2.72. The number of benzene rings is 2. The van der Waals surface area contributed by atoms with Crippen LogP contribution in [-0.4, -0.2) is 44.1 Å². The molecule has 1 atom stereocenters. The predicted octanol–water partition coefficient (Wildman–Crippen LogP) is 1.91. The summed E-state index contributed by atoms with van der Waals surface area (Å²) in [5.41, 5.74) is 1.26. The Morgan fingerprint density at radius 2 is 1.78 bits per heavy atom. The third kappa shape index (κ3) is 4.53. The van der Waals surface area contributed by atoms with Crippen molar-refractivity contribution in [3.63, 3.8) is 0 Å². The van der Waals surface area contributed by atoms with Crippen molar-refractivity contribution < 1.29 is 23.5 Å². The summed E-state index contributed by atoms with van der Waals surface area (Å²) in [7, 11) is 3.68. The average Bonchev–Trinajstić information content (AvgIpc) is 3.10. The molecule has 0 spiro atoms. The number of carbonyl (C=O) groups excluding carboxylic acids is 2. The van der Waals surface area contributed by atoms with Crippen LogP contribution in [0.4, 0.5) is 10.1 Å². The van der Waals surface area contributed by atoms with Gasteiger partial charge in [-0.2, -0.15) is 0 Å². The molecule has 2 aromatic rings. The van der Waals surface area contributed by atoms with Crippen molar-refractivity contribution in [2.45, 2.75) is 6.04 Å². The third-order valence-corrected chi connectivity index (χ3v) is 4.17. The van der Waals surface area contributed by atoms with Gasteiger partial charge in [0.1, 0.15) is 5.82 Å². The fourth-order valence-electron chi connectivity index (χ4n) is 2.72. The summed E-state index contributed by atoms with van der Waals surface area (Å²) in [5.74, 6) is -0.779. The maximum Gasteiger partial charge on any atom is 0.313 e. The molecule has 0 saturated heterocycles. The Morgan fingerprint density at radius 1 is 1.07 bits per heavy atom. The van der Waals surface area contributed by atoms with Gasteiger partial charge >= 0.3 is 11.8 Å². The van der Waals surface area contributed by atoms with Gasteiger partial charge in [0.05, 0.1) is 6.04 Å². The van der Waals surface area contributed by atoms with E-state index in [0.29, 0.717) is 17.2 Å². The predicted molar refractivity (Wildman–Crippen MR) is 97.0 cm³/mol. The number of carbonyl (C=O) groups is 2. The Hall–Kier alpha value is -3.13. The summed E-state index contributed by atoms with van der Waals surface area (Å²) in [6, 6.07) is 10.7. The lowest BCUT2D eigenvalue weighted by Gasteiger charge is -2.25. The number of fused-ring (bicyclic) bond motifs is 1. The maximum absolute atomic E-state index is 13.1. The van der Waals surface area contributed by atoms with Crippen LogP contribution in [0.25, 0.3) is 0 Å². The van der Waals surface area contributed by atoms with Gasteiger partial charge < -0.3 is 25.0 Å². The molecule has 8 heteroatoms. The molecule has 27 heavy (non-hydrogen) atoms. The van der Waals surface area contributed by atoms with E-state index in [1.165, 1.54) is 12.1 Å². The lowest BCUT2D eigenvalue weighted by molar-refractivity contribution is -0.136. The topological polar surface area (TPSA) is 79.9 Å². The number of ether oxygens (including phenoxy) is 2. The van der Waals surface area contributed by atoms with Gasteiger partial charge in [-0.15, -0.1) is 0 Å². The van der Waals surface area contributed by atoms with Crippen LogP contribution in [0.2, 0.25) is 0 Å². The van der Waals surface area contributed by atoms with E-state index in [9.17, 15) is 14.0 Å². The number of halogens is 1. The molecule has 0 fully saturated rings. The molecule has 3 rings (SSSR count). The summed E-state index contributed by atoms with van der Waals surface area (Å²) < 4.78 is 23.5. The van der Waals surface area contributed by atoms with Crippen LogP contribution < -0.4 is 20.1 Å². The zero-order chi connectivity index (χ0) is 19.4. The first kappa shape index (κ1) is 18.7. The highest BCUT2D eigenvalue weighted by Gasteiger charge is 2.20. The van der Waals surface area contributed by atoms with E-state index in [2.05, 4.69) is 10.6 Å². The van der Waals surface area contributed by atoms with E-state index in [0.717, 1.165) is 5.56 Å². The van der Waals surface area contributed by atoms with Gasteiger partial charge in [-0.1, -0.05) is 12.1 Å². The van der Waals surface area contributed by atoms with Gasteiger partial charge in [0, 0.05) is 18.3 Å². The lowest BCUT2D eigenvalue weighted by atomic mass is 10.1. The monoisotopic (exact) mass is 373 g/mol. The van der Waals surface area contributed by atoms with E-state index < -0.39 is 11.8 Å². The van der Waals surface area contributed by atoms with E-state index >= 15 is 0 Å². The van der Waals surface area contributed by atoms with Gasteiger partial charge in [-0.05, 0) is 43.9 Å². The normalized spacial score (nSPS) is 13.3. The van der Waals surface area contributed by atoms with Gasteiger partial charge in [0.2, 0.25) is 6.79 Å². The maximum atomic E-state index is 13.1. The Bertz CT molecular complexity index is 839. The van der Waals surface area contributed by atoms with Crippen molar-refractivity contribution in [1.82, 2.24) is 10.2 Å². The van der Waals surface area contributed by atoms with Crippen LogP contribution in [0, 0.1) is 5.82 Å². The van der Waals surface area contributed by atoms with Crippen molar-refractivity contribution in [3.05, 3.63) is 53.8 Å². The van der Waals surface area contributed by atoms with Crippen LogP contribution in [0.15, 0.2) is 42.5 Å². The average molecular weight is 373 g/mol. The smallest absolute Gasteiger partial charge is 0.313 e. The first-order chi connectivity index (χ1) is 12.9. The fraction of sp³-hybridized carbons (Fsp3) is 0.263. The zero-order valence-corrected chi connectivity index (χ0v) is 15.0. The minimum absolute atomic E-state index is 0.128. The van der Waals surface area contributed by atoms with Gasteiger partial charge in [-0.25, -0.2) is 4.39 Å². The Labute approximate surface area is 156 Å². The largest absolute Gasteiger partial charge is 0.454 e. The molecule has 2 amide bonds. The molecule has 0 saturated carbocycles. The Morgan fingerprint density at radius 3 is 2.48 bits per heavy atom. The molecular weight excluding hydrogens is 353 g/mol. The van der Waals surface area contributed by atoms with Gasteiger partial charge in [0.15, 0.2) is 11.5 Å². The summed E-state index contributed by atoms with van der Waals surface area (Å²) in [6.45, 7) is 0.328. The molecule has 2 N–H and O–H groups in total. The van der Waals surface area contributed by atoms with E-state index in [1.807, 2.05) is 19.0 Å². The van der Waals surface area contributed by atoms with Crippen molar-refractivity contribution in [2.24, 2.45) is 0 Å². The third-order valence-electron chi connectivity index (χ3n) is 4.17. The van der Waals surface area contributed by atoms with Crippen molar-refractivity contribution in [2.75, 3.05) is 32.7 Å². The van der Waals surface area contributed by atoms with Crippen LogP contribution in [0.5, 0.6) is 11.5 Å². The zero-order valence-electron chi connectivity index (χ0n) is 15.0.